The topological polar surface area (TPSA) is 134 Å². The fraction of sp³-hybridized carbons (Fsp3) is 0.541. The van der Waals surface area contributed by atoms with Crippen LogP contribution in [0.3, 0.4) is 0 Å². The molecule has 3 amide bonds. The summed E-state index contributed by atoms with van der Waals surface area (Å²) in [5.74, 6) is 0.451. The van der Waals surface area contributed by atoms with Gasteiger partial charge in [0.05, 0.1) is 12.2 Å². The van der Waals surface area contributed by atoms with E-state index >= 15 is 4.39 Å². The Morgan fingerprint density at radius 3 is 2.59 bits per heavy atom. The first-order valence-electron chi connectivity index (χ1n) is 17.3. The van der Waals surface area contributed by atoms with Gasteiger partial charge in [0, 0.05) is 68.7 Å². The summed E-state index contributed by atoms with van der Waals surface area (Å²) in [7, 11) is 1.66. The maximum Gasteiger partial charge on any atom is 0.255 e. The second kappa shape index (κ2) is 13.4. The van der Waals surface area contributed by atoms with Crippen LogP contribution >= 0.6 is 0 Å². The highest BCUT2D eigenvalue weighted by Gasteiger charge is 2.40. The largest absolute Gasteiger partial charge is 0.489 e. The Morgan fingerprint density at radius 1 is 1.06 bits per heavy atom. The number of carbonyl (C=O) groups is 3. The number of aromatic nitrogens is 2. The van der Waals surface area contributed by atoms with Gasteiger partial charge in [-0.05, 0) is 93.3 Å². The molecule has 0 unspecified atom stereocenters. The Kier molecular flexibility index (Phi) is 9.14. The van der Waals surface area contributed by atoms with Gasteiger partial charge in [0.2, 0.25) is 11.8 Å². The first kappa shape index (κ1) is 33.5. The molecule has 49 heavy (non-hydrogen) atoms. The van der Waals surface area contributed by atoms with Gasteiger partial charge in [-0.25, -0.2) is 14.4 Å². The number of ether oxygens (including phenoxy) is 2. The van der Waals surface area contributed by atoms with E-state index in [4.69, 9.17) is 9.47 Å². The van der Waals surface area contributed by atoms with E-state index in [0.717, 1.165) is 36.8 Å². The number of halogens is 1. The molecule has 2 N–H and O–H groups in total. The number of rotatable bonds is 9. The number of piperidine rings is 1. The van der Waals surface area contributed by atoms with Crippen LogP contribution in [-0.2, 0) is 27.4 Å². The van der Waals surface area contributed by atoms with Gasteiger partial charge >= 0.3 is 0 Å². The van der Waals surface area contributed by atoms with Gasteiger partial charge in [0.25, 0.3) is 5.91 Å². The van der Waals surface area contributed by atoms with Gasteiger partial charge in [-0.2, -0.15) is 0 Å². The van der Waals surface area contributed by atoms with Gasteiger partial charge in [0.1, 0.15) is 35.1 Å². The molecule has 4 heterocycles. The first-order chi connectivity index (χ1) is 23.5. The van der Waals surface area contributed by atoms with E-state index < -0.39 is 17.6 Å². The second-order valence-electron chi connectivity index (χ2n) is 14.7. The maximum atomic E-state index is 15.5. The van der Waals surface area contributed by atoms with Crippen LogP contribution in [0.2, 0.25) is 0 Å². The highest BCUT2D eigenvalue weighted by atomic mass is 19.1. The molecule has 3 fully saturated rings. The van der Waals surface area contributed by atoms with Crippen molar-refractivity contribution in [3.8, 4) is 5.75 Å². The summed E-state index contributed by atoms with van der Waals surface area (Å²) in [5.41, 5.74) is 1.78. The van der Waals surface area contributed by atoms with Crippen molar-refractivity contribution in [1.82, 2.24) is 25.1 Å². The molecule has 7 rings (SSSR count). The average Bonchev–Trinajstić information content (AvgIpc) is 3.59. The lowest BCUT2D eigenvalue weighted by molar-refractivity contribution is -0.136. The first-order valence-corrected chi connectivity index (χ1v) is 17.3. The van der Waals surface area contributed by atoms with E-state index in [1.54, 1.807) is 31.5 Å². The number of amides is 3. The number of imide groups is 1. The Morgan fingerprint density at radius 2 is 1.86 bits per heavy atom. The summed E-state index contributed by atoms with van der Waals surface area (Å²) in [4.78, 5) is 50.2. The van der Waals surface area contributed by atoms with Gasteiger partial charge in [-0.15, -0.1) is 0 Å². The van der Waals surface area contributed by atoms with Crippen LogP contribution in [0.4, 0.5) is 4.39 Å². The lowest BCUT2D eigenvalue weighted by atomic mass is 9.74. The quantitative estimate of drug-likeness (QED) is 0.322. The zero-order chi connectivity index (χ0) is 34.4. The van der Waals surface area contributed by atoms with Crippen molar-refractivity contribution >= 4 is 28.6 Å². The van der Waals surface area contributed by atoms with Crippen molar-refractivity contribution in [2.24, 2.45) is 11.8 Å². The molecule has 2 aromatic carbocycles. The Hall–Kier alpha value is -4.00. The third-order valence-electron chi connectivity index (χ3n) is 10.8. The number of aliphatic hydroxyl groups is 1. The molecule has 0 radical (unpaired) electrons. The molecule has 0 spiro atoms. The number of hydrogen-bond acceptors (Lipinski definition) is 9. The second-order valence-corrected chi connectivity index (χ2v) is 14.7. The van der Waals surface area contributed by atoms with Crippen LogP contribution in [-0.4, -0.2) is 87.1 Å². The minimum atomic E-state index is -0.699. The van der Waals surface area contributed by atoms with Crippen LogP contribution in [0.25, 0.3) is 10.9 Å². The minimum Gasteiger partial charge on any atom is -0.489 e. The molecule has 4 aliphatic rings. The molecule has 3 atom stereocenters. The number of methoxy groups -OCH3 is 1. The van der Waals surface area contributed by atoms with E-state index in [0.29, 0.717) is 60.7 Å². The predicted octanol–water partition coefficient (Wildman–Crippen LogP) is 4.10. The minimum absolute atomic E-state index is 0.0718. The predicted molar refractivity (Wildman–Crippen MR) is 178 cm³/mol. The number of likely N-dealkylation sites (tertiary alicyclic amines) is 1. The summed E-state index contributed by atoms with van der Waals surface area (Å²) in [6, 6.07) is 8.23. The molecule has 1 aromatic heterocycles. The van der Waals surface area contributed by atoms with Gasteiger partial charge in [-0.1, -0.05) is 0 Å². The van der Waals surface area contributed by atoms with Gasteiger partial charge in [0.15, 0.2) is 0 Å². The zero-order valence-electron chi connectivity index (χ0n) is 28.3. The summed E-state index contributed by atoms with van der Waals surface area (Å²) < 4.78 is 27.5. The van der Waals surface area contributed by atoms with E-state index in [1.165, 1.54) is 4.90 Å². The Labute approximate surface area is 285 Å². The zero-order valence-corrected chi connectivity index (χ0v) is 28.3. The molecule has 2 saturated heterocycles. The van der Waals surface area contributed by atoms with Crippen LogP contribution < -0.4 is 10.1 Å². The van der Waals surface area contributed by atoms with Crippen molar-refractivity contribution in [1.29, 1.82) is 0 Å². The van der Waals surface area contributed by atoms with Crippen LogP contribution in [0.5, 0.6) is 5.75 Å². The highest BCUT2D eigenvalue weighted by Crippen LogP contribution is 2.39. The maximum absolute atomic E-state index is 15.5. The monoisotopic (exact) mass is 673 g/mol. The number of hydrogen-bond donors (Lipinski definition) is 2. The van der Waals surface area contributed by atoms with Crippen molar-refractivity contribution < 1.29 is 33.4 Å². The number of nitrogens with zero attached hydrogens (tertiary/aromatic N) is 4. The third kappa shape index (κ3) is 6.91. The fourth-order valence-corrected chi connectivity index (χ4v) is 8.14. The van der Waals surface area contributed by atoms with E-state index in [1.807, 2.05) is 26.0 Å². The number of nitrogens with one attached hydrogen (secondary N) is 1. The van der Waals surface area contributed by atoms with Crippen LogP contribution in [0.1, 0.15) is 85.6 Å². The smallest absolute Gasteiger partial charge is 0.255 e. The number of carbonyl (C=O) groups excluding carboxylic acids is 3. The molecule has 3 aromatic rings. The standard InChI is InChI=1S/C37H44FN5O6/c1-37(2,47)26-6-4-22(5-7-26)34-39-15-23-12-21(13-29(38)33(23)41-34)16-42-17-25(20-48-3)31(19-42)49-27-8-9-28-24(14-27)18-43(36(28)46)30-10-11-32(44)40-35(30)45/h8-9,12-15,22,25-26,30-31,47H,4-7,10-11,16-20H2,1-3H3,(H,40,44,45)/t22?,25-,26?,30-,31+/m0/s1. The summed E-state index contributed by atoms with van der Waals surface area (Å²) in [6.45, 7) is 6.33. The van der Waals surface area contributed by atoms with Crippen LogP contribution in [0, 0.1) is 17.7 Å². The number of benzene rings is 2. The summed E-state index contributed by atoms with van der Waals surface area (Å²) in [5, 5.41) is 13.4. The third-order valence-corrected chi connectivity index (χ3v) is 10.8. The Bertz CT molecular complexity index is 1770. The molecule has 12 heteroatoms. The van der Waals surface area contributed by atoms with E-state index in [2.05, 4.69) is 20.2 Å². The Balaban J connectivity index is 1.01. The molecule has 3 aliphatic heterocycles. The fourth-order valence-electron chi connectivity index (χ4n) is 8.14. The molecular weight excluding hydrogens is 629 g/mol. The SMILES string of the molecule is COC[C@@H]1CN(Cc2cc(F)c3nc(C4CCC(C(C)(C)O)CC4)ncc3c2)C[C@H]1Oc1ccc2c(c1)CN([C@H]1CCC(=O)NC1=O)C2=O. The normalized spacial score (nSPS) is 26.3. The van der Waals surface area contributed by atoms with E-state index in [-0.39, 0.29) is 54.5 Å². The van der Waals surface area contributed by atoms with E-state index in [9.17, 15) is 19.5 Å². The van der Waals surface area contributed by atoms with Crippen molar-refractivity contribution in [3.63, 3.8) is 0 Å². The van der Waals surface area contributed by atoms with Gasteiger partial charge in [-0.3, -0.25) is 24.6 Å². The number of fused-ring (bicyclic) bond motifs is 2. The molecular formula is C37H44FN5O6. The molecule has 0 bridgehead atoms. The molecule has 1 aliphatic carbocycles. The van der Waals surface area contributed by atoms with Crippen molar-refractivity contribution in [2.75, 3.05) is 26.8 Å². The molecule has 260 valence electrons. The summed E-state index contributed by atoms with van der Waals surface area (Å²) >= 11 is 0. The lowest BCUT2D eigenvalue weighted by Crippen LogP contribution is -2.52. The van der Waals surface area contributed by atoms with Crippen molar-refractivity contribution in [2.45, 2.75) is 89.1 Å². The highest BCUT2D eigenvalue weighted by molar-refractivity contribution is 6.05. The molecule has 11 nitrogen and oxygen atoms in total. The van der Waals surface area contributed by atoms with Crippen molar-refractivity contribution in [3.05, 3.63) is 64.9 Å². The van der Waals surface area contributed by atoms with Crippen LogP contribution in [0.15, 0.2) is 36.5 Å². The average molecular weight is 674 g/mol. The summed E-state index contributed by atoms with van der Waals surface area (Å²) in [6.07, 6.45) is 5.62. The van der Waals surface area contributed by atoms with Gasteiger partial charge < -0.3 is 19.5 Å². The lowest BCUT2D eigenvalue weighted by Gasteiger charge is -2.35. The molecule has 1 saturated carbocycles.